The average molecular weight is 529 g/mol. The van der Waals surface area contributed by atoms with E-state index < -0.39 is 10.0 Å². The van der Waals surface area contributed by atoms with Crippen molar-refractivity contribution in [2.45, 2.75) is 18.7 Å². The van der Waals surface area contributed by atoms with Gasteiger partial charge in [-0.15, -0.1) is 0 Å². The van der Waals surface area contributed by atoms with Crippen molar-refractivity contribution >= 4 is 31.6 Å². The maximum Gasteiger partial charge on any atom is 0.265 e. The normalized spacial score (nSPS) is 11.2. The summed E-state index contributed by atoms with van der Waals surface area (Å²) in [5.41, 5.74) is 0.386. The molecule has 0 amide bonds. The Hall–Kier alpha value is -3.37. The van der Waals surface area contributed by atoms with E-state index in [9.17, 15) is 8.42 Å². The molecule has 0 fully saturated rings. The first-order valence-corrected chi connectivity index (χ1v) is 12.3. The van der Waals surface area contributed by atoms with E-state index in [1.807, 2.05) is 29.1 Å². The van der Waals surface area contributed by atoms with Crippen LogP contribution in [0.25, 0.3) is 5.82 Å². The van der Waals surface area contributed by atoms with Crippen LogP contribution in [-0.2, 0) is 10.0 Å². The molecule has 2 aromatic heterocycles. The van der Waals surface area contributed by atoms with E-state index >= 15 is 0 Å². The monoisotopic (exact) mass is 528 g/mol. The summed E-state index contributed by atoms with van der Waals surface area (Å²) in [6.45, 7) is 3.94. The summed E-state index contributed by atoms with van der Waals surface area (Å²) < 4.78 is 42.3. The zero-order valence-electron chi connectivity index (χ0n) is 17.9. The summed E-state index contributed by atoms with van der Waals surface area (Å²) in [5, 5.41) is 0. The second kappa shape index (κ2) is 9.63. The van der Waals surface area contributed by atoms with Gasteiger partial charge in [-0.2, -0.15) is 4.98 Å². The molecule has 0 saturated heterocycles. The Morgan fingerprint density at radius 3 is 2.45 bits per heavy atom. The number of aryl methyl sites for hydroxylation is 1. The van der Waals surface area contributed by atoms with Gasteiger partial charge in [-0.1, -0.05) is 15.9 Å². The van der Waals surface area contributed by atoms with E-state index in [-0.39, 0.29) is 10.6 Å². The molecule has 1 N–H and O–H groups in total. The van der Waals surface area contributed by atoms with Gasteiger partial charge in [0.1, 0.15) is 28.0 Å². The molecule has 10 heteroatoms. The Balaban J connectivity index is 1.52. The Labute approximate surface area is 200 Å². The molecule has 2 heterocycles. The molecule has 0 radical (unpaired) electrons. The Morgan fingerprint density at radius 2 is 1.76 bits per heavy atom. The number of rotatable bonds is 8. The Kier molecular flexibility index (Phi) is 6.66. The lowest BCUT2D eigenvalue weighted by atomic mass is 10.3. The number of hydrogen-bond acceptors (Lipinski definition) is 6. The van der Waals surface area contributed by atoms with Gasteiger partial charge in [0.15, 0.2) is 0 Å². The first-order valence-electron chi connectivity index (χ1n) is 10.1. The SMILES string of the molecule is CCOc1ccc(Br)cc1S(=O)(=O)Nc1ccc(Oc2cc(-n3cccc3)nc(C)n2)cc1. The second-order valence-corrected chi connectivity index (χ2v) is 9.52. The van der Waals surface area contributed by atoms with Crippen molar-refractivity contribution in [2.24, 2.45) is 0 Å². The van der Waals surface area contributed by atoms with Crippen LogP contribution in [0.15, 0.2) is 82.4 Å². The molecular weight excluding hydrogens is 508 g/mol. The molecule has 0 bridgehead atoms. The van der Waals surface area contributed by atoms with Gasteiger partial charge in [0, 0.05) is 28.6 Å². The number of nitrogens with one attached hydrogen (secondary N) is 1. The van der Waals surface area contributed by atoms with Gasteiger partial charge in [0.25, 0.3) is 10.0 Å². The van der Waals surface area contributed by atoms with Crippen molar-refractivity contribution in [1.82, 2.24) is 14.5 Å². The number of hydrogen-bond donors (Lipinski definition) is 1. The van der Waals surface area contributed by atoms with E-state index in [1.54, 1.807) is 56.3 Å². The maximum atomic E-state index is 13.0. The van der Waals surface area contributed by atoms with Crippen molar-refractivity contribution in [3.63, 3.8) is 0 Å². The minimum Gasteiger partial charge on any atom is -0.492 e. The molecule has 33 heavy (non-hydrogen) atoms. The molecule has 0 aliphatic heterocycles. The molecule has 4 aromatic rings. The highest BCUT2D eigenvalue weighted by Crippen LogP contribution is 2.30. The topological polar surface area (TPSA) is 95.3 Å². The van der Waals surface area contributed by atoms with Crippen molar-refractivity contribution in [3.05, 3.63) is 83.4 Å². The Morgan fingerprint density at radius 1 is 1.03 bits per heavy atom. The lowest BCUT2D eigenvalue weighted by Crippen LogP contribution is -2.14. The molecule has 2 aromatic carbocycles. The number of ether oxygens (including phenoxy) is 2. The first-order chi connectivity index (χ1) is 15.8. The largest absolute Gasteiger partial charge is 0.492 e. The van der Waals surface area contributed by atoms with E-state index in [1.165, 1.54) is 6.07 Å². The first kappa shape index (κ1) is 22.8. The fourth-order valence-corrected chi connectivity index (χ4v) is 4.83. The summed E-state index contributed by atoms with van der Waals surface area (Å²) in [4.78, 5) is 8.78. The Bertz CT molecular complexity index is 1360. The third-order valence-corrected chi connectivity index (χ3v) is 6.39. The summed E-state index contributed by atoms with van der Waals surface area (Å²) in [7, 11) is -3.87. The standard InChI is InChI=1S/C23H21BrN4O4S/c1-3-31-20-11-6-17(24)14-21(20)33(29,30)27-18-7-9-19(10-8-18)32-23-15-22(25-16(2)26-23)28-12-4-5-13-28/h4-15,27H,3H2,1-2H3. The van der Waals surface area contributed by atoms with Crippen LogP contribution in [0.3, 0.4) is 0 Å². The van der Waals surface area contributed by atoms with Crippen LogP contribution in [0.4, 0.5) is 5.69 Å². The molecular formula is C23H21BrN4O4S. The number of benzene rings is 2. The summed E-state index contributed by atoms with van der Waals surface area (Å²) in [6.07, 6.45) is 3.77. The zero-order valence-corrected chi connectivity index (χ0v) is 20.3. The van der Waals surface area contributed by atoms with Crippen molar-refractivity contribution in [3.8, 4) is 23.2 Å². The maximum absolute atomic E-state index is 13.0. The number of sulfonamides is 1. The highest BCUT2D eigenvalue weighted by atomic mass is 79.9. The van der Waals surface area contributed by atoms with Crippen LogP contribution in [0.2, 0.25) is 0 Å². The van der Waals surface area contributed by atoms with E-state index in [0.717, 1.165) is 0 Å². The number of nitrogens with zero attached hydrogens (tertiary/aromatic N) is 3. The molecule has 0 spiro atoms. The average Bonchev–Trinajstić information content (AvgIpc) is 3.31. The number of aromatic nitrogens is 3. The lowest BCUT2D eigenvalue weighted by Gasteiger charge is -2.13. The minimum absolute atomic E-state index is 0.0491. The van der Waals surface area contributed by atoms with Gasteiger partial charge in [-0.3, -0.25) is 4.72 Å². The predicted octanol–water partition coefficient (Wildman–Crippen LogP) is 5.33. The van der Waals surface area contributed by atoms with Crippen LogP contribution in [-0.4, -0.2) is 29.6 Å². The van der Waals surface area contributed by atoms with Crippen LogP contribution in [0.5, 0.6) is 17.4 Å². The fraction of sp³-hybridized carbons (Fsp3) is 0.130. The predicted molar refractivity (Wildman–Crippen MR) is 129 cm³/mol. The van der Waals surface area contributed by atoms with Gasteiger partial charge in [0.2, 0.25) is 5.88 Å². The smallest absolute Gasteiger partial charge is 0.265 e. The number of halogens is 1. The highest BCUT2D eigenvalue weighted by molar-refractivity contribution is 9.10. The molecule has 0 aliphatic rings. The highest BCUT2D eigenvalue weighted by Gasteiger charge is 2.20. The van der Waals surface area contributed by atoms with Gasteiger partial charge >= 0.3 is 0 Å². The number of anilines is 1. The summed E-state index contributed by atoms with van der Waals surface area (Å²) in [6, 6.07) is 16.9. The van der Waals surface area contributed by atoms with E-state index in [0.29, 0.717) is 40.0 Å². The summed E-state index contributed by atoms with van der Waals surface area (Å²) >= 11 is 3.31. The van der Waals surface area contributed by atoms with Crippen molar-refractivity contribution in [2.75, 3.05) is 11.3 Å². The molecule has 0 unspecified atom stereocenters. The molecule has 4 rings (SSSR count). The molecule has 170 valence electrons. The van der Waals surface area contributed by atoms with Gasteiger partial charge in [-0.25, -0.2) is 13.4 Å². The zero-order chi connectivity index (χ0) is 23.4. The van der Waals surface area contributed by atoms with Crippen LogP contribution >= 0.6 is 15.9 Å². The fourth-order valence-electron chi connectivity index (χ4n) is 3.09. The van der Waals surface area contributed by atoms with Gasteiger partial charge in [0.05, 0.1) is 6.61 Å². The van der Waals surface area contributed by atoms with E-state index in [2.05, 4.69) is 30.6 Å². The molecule has 0 aliphatic carbocycles. The van der Waals surface area contributed by atoms with Crippen LogP contribution in [0, 0.1) is 6.92 Å². The third kappa shape index (κ3) is 5.52. The van der Waals surface area contributed by atoms with Crippen LogP contribution < -0.4 is 14.2 Å². The lowest BCUT2D eigenvalue weighted by molar-refractivity contribution is 0.331. The van der Waals surface area contributed by atoms with Crippen LogP contribution in [0.1, 0.15) is 12.7 Å². The third-order valence-electron chi connectivity index (χ3n) is 4.49. The van der Waals surface area contributed by atoms with Gasteiger partial charge < -0.3 is 14.0 Å². The molecule has 0 atom stereocenters. The minimum atomic E-state index is -3.87. The second-order valence-electron chi connectivity index (χ2n) is 6.96. The molecule has 8 nitrogen and oxygen atoms in total. The van der Waals surface area contributed by atoms with Crippen molar-refractivity contribution in [1.29, 1.82) is 0 Å². The molecule has 0 saturated carbocycles. The van der Waals surface area contributed by atoms with E-state index in [4.69, 9.17) is 9.47 Å². The quantitative estimate of drug-likeness (QED) is 0.332. The summed E-state index contributed by atoms with van der Waals surface area (Å²) in [5.74, 6) is 2.43. The van der Waals surface area contributed by atoms with Crippen molar-refractivity contribution < 1.29 is 17.9 Å². The van der Waals surface area contributed by atoms with Gasteiger partial charge in [-0.05, 0) is 68.4 Å².